The number of hydrogen-bond acceptors (Lipinski definition) is 5. The van der Waals surface area contributed by atoms with E-state index < -0.39 is 27.8 Å². The summed E-state index contributed by atoms with van der Waals surface area (Å²) >= 11 is 0. The number of nitrogens with zero attached hydrogens (tertiary/aromatic N) is 1. The molecule has 0 aliphatic heterocycles. The van der Waals surface area contributed by atoms with Gasteiger partial charge in [0.25, 0.3) is 0 Å². The predicted octanol–water partition coefficient (Wildman–Crippen LogP) is 1.62. The molecule has 1 aromatic carbocycles. The van der Waals surface area contributed by atoms with Gasteiger partial charge in [0.05, 0.1) is 4.92 Å². The highest BCUT2D eigenvalue weighted by molar-refractivity contribution is 5.46. The summed E-state index contributed by atoms with van der Waals surface area (Å²) in [5, 5.41) is 24.0. The summed E-state index contributed by atoms with van der Waals surface area (Å²) in [5.74, 6) is -1.26. The molecule has 20 heavy (non-hydrogen) atoms. The van der Waals surface area contributed by atoms with E-state index in [1.165, 1.54) is 13.0 Å². The average molecular weight is 284 g/mol. The zero-order chi connectivity index (χ0) is 14.8. The van der Waals surface area contributed by atoms with Crippen molar-refractivity contribution in [2.75, 3.05) is 13.2 Å². The Morgan fingerprint density at radius 1 is 1.60 bits per heavy atom. The molecule has 2 rings (SSSR count). The molecule has 1 aliphatic carbocycles. The third kappa shape index (κ3) is 3.88. The van der Waals surface area contributed by atoms with Crippen LogP contribution in [0.1, 0.15) is 19.8 Å². The number of aliphatic hydroxyl groups is 1. The maximum atomic E-state index is 13.6. The van der Waals surface area contributed by atoms with Crippen LogP contribution in [0.2, 0.25) is 0 Å². The number of nitrogens with one attached hydrogen (secondary N) is 1. The molecule has 1 atom stereocenters. The summed E-state index contributed by atoms with van der Waals surface area (Å²) < 4.78 is 18.7. The smallest absolute Gasteiger partial charge is 0.314 e. The molecular formula is C13H17FN2O4. The second-order valence-electron chi connectivity index (χ2n) is 5.29. The largest absolute Gasteiger partial charge is 0.482 e. The number of benzene rings is 1. The highest BCUT2D eigenvalue weighted by Crippen LogP contribution is 2.30. The van der Waals surface area contributed by atoms with Crippen LogP contribution >= 0.6 is 0 Å². The van der Waals surface area contributed by atoms with Crippen molar-refractivity contribution in [1.82, 2.24) is 5.32 Å². The molecule has 1 unspecified atom stereocenters. The van der Waals surface area contributed by atoms with Gasteiger partial charge >= 0.3 is 5.69 Å². The van der Waals surface area contributed by atoms with Crippen LogP contribution in [-0.4, -0.2) is 34.8 Å². The van der Waals surface area contributed by atoms with Crippen molar-refractivity contribution in [3.8, 4) is 5.75 Å². The molecule has 0 bridgehead atoms. The molecule has 110 valence electrons. The first kappa shape index (κ1) is 14.7. The molecule has 0 spiro atoms. The zero-order valence-electron chi connectivity index (χ0n) is 11.1. The molecule has 1 aromatic rings. The molecule has 6 nitrogen and oxygen atoms in total. The number of nitro groups is 1. The summed E-state index contributed by atoms with van der Waals surface area (Å²) in [6, 6.07) is 3.91. The molecule has 1 fully saturated rings. The number of para-hydroxylation sites is 1. The number of ether oxygens (including phenoxy) is 1. The van der Waals surface area contributed by atoms with Crippen LogP contribution < -0.4 is 10.1 Å². The van der Waals surface area contributed by atoms with Gasteiger partial charge < -0.3 is 15.2 Å². The summed E-state index contributed by atoms with van der Waals surface area (Å²) in [4.78, 5) is 10.1. The minimum absolute atomic E-state index is 0.228. The number of hydrogen-bond donors (Lipinski definition) is 2. The van der Waals surface area contributed by atoms with Crippen molar-refractivity contribution in [3.05, 3.63) is 34.1 Å². The number of nitro benzene ring substituents is 1. The Morgan fingerprint density at radius 2 is 2.30 bits per heavy atom. The maximum absolute atomic E-state index is 13.6. The van der Waals surface area contributed by atoms with Crippen molar-refractivity contribution in [1.29, 1.82) is 0 Å². The molecule has 2 N–H and O–H groups in total. The molecule has 0 aromatic heterocycles. The first-order valence-electron chi connectivity index (χ1n) is 6.40. The van der Waals surface area contributed by atoms with Gasteiger partial charge in [-0.1, -0.05) is 6.07 Å². The van der Waals surface area contributed by atoms with Gasteiger partial charge in [-0.05, 0) is 25.8 Å². The van der Waals surface area contributed by atoms with Gasteiger partial charge in [0.15, 0.2) is 5.82 Å². The van der Waals surface area contributed by atoms with E-state index in [1.54, 1.807) is 0 Å². The van der Waals surface area contributed by atoms with Crippen LogP contribution in [0.5, 0.6) is 5.75 Å². The molecule has 0 heterocycles. The third-order valence-electron chi connectivity index (χ3n) is 3.02. The first-order chi connectivity index (χ1) is 9.39. The normalized spacial score (nSPS) is 17.6. The lowest BCUT2D eigenvalue weighted by Crippen LogP contribution is -2.43. The quantitative estimate of drug-likeness (QED) is 0.587. The van der Waals surface area contributed by atoms with Gasteiger partial charge in [-0.25, -0.2) is 4.39 Å². The van der Waals surface area contributed by atoms with E-state index in [9.17, 15) is 19.6 Å². The van der Waals surface area contributed by atoms with E-state index in [1.807, 2.05) is 0 Å². The van der Waals surface area contributed by atoms with E-state index in [0.29, 0.717) is 12.6 Å². The van der Waals surface area contributed by atoms with Gasteiger partial charge in [-0.3, -0.25) is 10.1 Å². The van der Waals surface area contributed by atoms with Gasteiger partial charge in [0.1, 0.15) is 12.2 Å². The van der Waals surface area contributed by atoms with Crippen LogP contribution in [0.4, 0.5) is 10.1 Å². The first-order valence-corrected chi connectivity index (χ1v) is 6.40. The monoisotopic (exact) mass is 284 g/mol. The minimum Gasteiger partial charge on any atom is -0.482 e. The lowest BCUT2D eigenvalue weighted by Gasteiger charge is -2.23. The number of rotatable bonds is 7. The van der Waals surface area contributed by atoms with Crippen LogP contribution in [0.3, 0.4) is 0 Å². The van der Waals surface area contributed by atoms with Gasteiger partial charge in [-0.2, -0.15) is 0 Å². The van der Waals surface area contributed by atoms with Crippen LogP contribution in [0, 0.1) is 15.9 Å². The molecule has 1 saturated carbocycles. The average Bonchev–Trinajstić information content (AvgIpc) is 3.18. The van der Waals surface area contributed by atoms with Gasteiger partial charge in [0.2, 0.25) is 5.75 Å². The Hall–Kier alpha value is -1.73. The molecule has 0 amide bonds. The van der Waals surface area contributed by atoms with E-state index in [0.717, 1.165) is 25.0 Å². The summed E-state index contributed by atoms with van der Waals surface area (Å²) in [6.07, 6.45) is 2.16. The topological polar surface area (TPSA) is 84.6 Å². The Kier molecular flexibility index (Phi) is 4.20. The van der Waals surface area contributed by atoms with Crippen LogP contribution in [0.15, 0.2) is 18.2 Å². The summed E-state index contributed by atoms with van der Waals surface area (Å²) in [6.45, 7) is 1.60. The molecular weight excluding hydrogens is 267 g/mol. The Labute approximate surface area is 115 Å². The maximum Gasteiger partial charge on any atom is 0.314 e. The second kappa shape index (κ2) is 5.72. The van der Waals surface area contributed by atoms with E-state index in [-0.39, 0.29) is 6.61 Å². The fourth-order valence-corrected chi connectivity index (χ4v) is 1.71. The molecule has 1 aliphatic rings. The Morgan fingerprint density at radius 3 is 2.90 bits per heavy atom. The summed E-state index contributed by atoms with van der Waals surface area (Å²) in [7, 11) is 0. The highest BCUT2D eigenvalue weighted by atomic mass is 19.1. The standard InChI is InChI=1S/C13H17FN2O4/c1-13(17,7-15-9-5-6-9)8-20-12-10(14)3-2-4-11(12)16(18)19/h2-4,9,15,17H,5-8H2,1H3. The molecule has 0 radical (unpaired) electrons. The third-order valence-corrected chi connectivity index (χ3v) is 3.02. The SMILES string of the molecule is CC(O)(CNC1CC1)COc1c(F)cccc1[N+](=O)[O-]. The van der Waals surface area contributed by atoms with Gasteiger partial charge in [-0.15, -0.1) is 0 Å². The Bertz CT molecular complexity index is 503. The van der Waals surface area contributed by atoms with Gasteiger partial charge in [0, 0.05) is 18.7 Å². The highest BCUT2D eigenvalue weighted by Gasteiger charge is 2.29. The van der Waals surface area contributed by atoms with E-state index in [4.69, 9.17) is 4.74 Å². The predicted molar refractivity (Wildman–Crippen MR) is 70.2 cm³/mol. The Balaban J connectivity index is 2.00. The fourth-order valence-electron chi connectivity index (χ4n) is 1.71. The summed E-state index contributed by atoms with van der Waals surface area (Å²) in [5.41, 5.74) is -1.67. The molecule has 0 saturated heterocycles. The van der Waals surface area contributed by atoms with Crippen LogP contribution in [-0.2, 0) is 0 Å². The lowest BCUT2D eigenvalue weighted by molar-refractivity contribution is -0.386. The fraction of sp³-hybridized carbons (Fsp3) is 0.538. The van der Waals surface area contributed by atoms with Crippen molar-refractivity contribution in [2.24, 2.45) is 0 Å². The van der Waals surface area contributed by atoms with Crippen LogP contribution in [0.25, 0.3) is 0 Å². The zero-order valence-corrected chi connectivity index (χ0v) is 11.1. The molecule has 7 heteroatoms. The van der Waals surface area contributed by atoms with Crippen molar-refractivity contribution < 1.29 is 19.2 Å². The minimum atomic E-state index is -1.22. The van der Waals surface area contributed by atoms with E-state index in [2.05, 4.69) is 5.32 Å². The second-order valence-corrected chi connectivity index (χ2v) is 5.29. The lowest BCUT2D eigenvalue weighted by atomic mass is 10.1. The van der Waals surface area contributed by atoms with Crippen molar-refractivity contribution in [2.45, 2.75) is 31.4 Å². The van der Waals surface area contributed by atoms with Crippen molar-refractivity contribution >= 4 is 5.69 Å². The number of halogens is 1. The van der Waals surface area contributed by atoms with E-state index >= 15 is 0 Å². The van der Waals surface area contributed by atoms with Crippen molar-refractivity contribution in [3.63, 3.8) is 0 Å².